The van der Waals surface area contributed by atoms with Gasteiger partial charge in [0.15, 0.2) is 0 Å². The Balaban J connectivity index is 1.84. The van der Waals surface area contributed by atoms with Crippen LogP contribution in [0.5, 0.6) is 11.5 Å². The summed E-state index contributed by atoms with van der Waals surface area (Å²) in [7, 11) is 0. The number of benzene rings is 2. The van der Waals surface area contributed by atoms with Gasteiger partial charge in [-0.1, -0.05) is 43.7 Å². The minimum Gasteiger partial charge on any atom is -0.457 e. The summed E-state index contributed by atoms with van der Waals surface area (Å²) in [5.74, 6) is 1.65. The molecule has 3 heteroatoms. The Morgan fingerprint density at radius 2 is 1.59 bits per heavy atom. The van der Waals surface area contributed by atoms with E-state index < -0.39 is 6.10 Å². The zero-order valence-electron chi connectivity index (χ0n) is 13.1. The van der Waals surface area contributed by atoms with Crippen molar-refractivity contribution in [2.45, 2.75) is 44.8 Å². The van der Waals surface area contributed by atoms with E-state index >= 15 is 0 Å². The molecule has 2 aromatic rings. The van der Waals surface area contributed by atoms with Gasteiger partial charge in [0, 0.05) is 6.04 Å². The van der Waals surface area contributed by atoms with Crippen molar-refractivity contribution in [2.75, 3.05) is 0 Å². The van der Waals surface area contributed by atoms with Gasteiger partial charge >= 0.3 is 0 Å². The van der Waals surface area contributed by atoms with Crippen LogP contribution in [0.4, 0.5) is 0 Å². The van der Waals surface area contributed by atoms with E-state index in [4.69, 9.17) is 10.5 Å². The fourth-order valence-corrected chi connectivity index (χ4v) is 2.40. The maximum Gasteiger partial charge on any atom is 0.127 e. The third-order valence-electron chi connectivity index (χ3n) is 3.75. The summed E-state index contributed by atoms with van der Waals surface area (Å²) in [6.45, 7) is 2.08. The second kappa shape index (κ2) is 8.57. The fourth-order valence-electron chi connectivity index (χ4n) is 2.40. The molecule has 118 valence electrons. The van der Waals surface area contributed by atoms with E-state index in [0.717, 1.165) is 30.8 Å². The molecule has 0 amide bonds. The summed E-state index contributed by atoms with van der Waals surface area (Å²) in [5.41, 5.74) is 7.12. The van der Waals surface area contributed by atoms with Gasteiger partial charge in [-0.2, -0.15) is 0 Å². The van der Waals surface area contributed by atoms with E-state index in [1.807, 2.05) is 54.6 Å². The smallest absolute Gasteiger partial charge is 0.127 e. The molecular formula is C19H25NO2. The highest BCUT2D eigenvalue weighted by atomic mass is 16.5. The molecule has 0 heterocycles. The number of aliphatic hydroxyl groups excluding tert-OH is 1. The number of hydrogen-bond acceptors (Lipinski definition) is 3. The second-order valence-corrected chi connectivity index (χ2v) is 5.62. The monoisotopic (exact) mass is 299 g/mol. The van der Waals surface area contributed by atoms with E-state index in [1.165, 1.54) is 5.56 Å². The van der Waals surface area contributed by atoms with E-state index in [9.17, 15) is 5.11 Å². The van der Waals surface area contributed by atoms with Gasteiger partial charge in [-0.25, -0.2) is 0 Å². The molecule has 3 N–H and O–H groups in total. The molecule has 0 saturated carbocycles. The maximum atomic E-state index is 10.0. The quantitative estimate of drug-likeness (QED) is 0.777. The highest BCUT2D eigenvalue weighted by molar-refractivity contribution is 5.33. The number of aryl methyl sites for hydroxylation is 1. The molecule has 0 aromatic heterocycles. The first-order valence-electron chi connectivity index (χ1n) is 7.94. The van der Waals surface area contributed by atoms with Gasteiger partial charge in [0.1, 0.15) is 11.5 Å². The first-order chi connectivity index (χ1) is 10.7. The Morgan fingerprint density at radius 3 is 2.23 bits per heavy atom. The zero-order chi connectivity index (χ0) is 15.8. The van der Waals surface area contributed by atoms with E-state index in [0.29, 0.717) is 6.42 Å². The molecule has 2 unspecified atom stereocenters. The predicted octanol–water partition coefficient (Wildman–Crippen LogP) is 3.90. The Bertz CT molecular complexity index is 539. The third kappa shape index (κ3) is 5.17. The van der Waals surface area contributed by atoms with Crippen LogP contribution in [0.15, 0.2) is 54.6 Å². The molecule has 0 aliphatic carbocycles. The Hall–Kier alpha value is -1.84. The molecule has 22 heavy (non-hydrogen) atoms. The summed E-state index contributed by atoms with van der Waals surface area (Å²) in [6.07, 6.45) is 2.96. The minimum atomic E-state index is -0.430. The lowest BCUT2D eigenvalue weighted by molar-refractivity contribution is 0.131. The Morgan fingerprint density at radius 1 is 0.955 bits per heavy atom. The third-order valence-corrected chi connectivity index (χ3v) is 3.75. The summed E-state index contributed by atoms with van der Waals surface area (Å²) >= 11 is 0. The first kappa shape index (κ1) is 16.5. The van der Waals surface area contributed by atoms with Crippen LogP contribution >= 0.6 is 0 Å². The van der Waals surface area contributed by atoms with Crippen molar-refractivity contribution in [3.63, 3.8) is 0 Å². The predicted molar refractivity (Wildman–Crippen MR) is 90.2 cm³/mol. The van der Waals surface area contributed by atoms with Crippen molar-refractivity contribution >= 4 is 0 Å². The summed E-state index contributed by atoms with van der Waals surface area (Å²) < 4.78 is 5.76. The molecule has 2 rings (SSSR count). The van der Waals surface area contributed by atoms with Crippen molar-refractivity contribution in [1.29, 1.82) is 0 Å². The Kier molecular flexibility index (Phi) is 6.44. The summed E-state index contributed by atoms with van der Waals surface area (Å²) in [4.78, 5) is 0. The number of para-hydroxylation sites is 1. The normalized spacial score (nSPS) is 13.6. The van der Waals surface area contributed by atoms with E-state index in [-0.39, 0.29) is 6.04 Å². The second-order valence-electron chi connectivity index (χ2n) is 5.62. The van der Waals surface area contributed by atoms with Crippen LogP contribution in [-0.4, -0.2) is 17.3 Å². The van der Waals surface area contributed by atoms with Gasteiger partial charge in [0.25, 0.3) is 0 Å². The van der Waals surface area contributed by atoms with Crippen molar-refractivity contribution in [3.8, 4) is 11.5 Å². The lowest BCUT2D eigenvalue weighted by Gasteiger charge is -2.18. The van der Waals surface area contributed by atoms with Gasteiger partial charge in [0.05, 0.1) is 6.10 Å². The molecule has 0 aliphatic rings. The molecule has 0 radical (unpaired) electrons. The van der Waals surface area contributed by atoms with Gasteiger partial charge in [0.2, 0.25) is 0 Å². The van der Waals surface area contributed by atoms with Crippen molar-refractivity contribution in [1.82, 2.24) is 0 Å². The number of rotatable bonds is 8. The molecule has 0 aliphatic heterocycles. The summed E-state index contributed by atoms with van der Waals surface area (Å²) in [6, 6.07) is 17.6. The van der Waals surface area contributed by atoms with Gasteiger partial charge in [-0.15, -0.1) is 0 Å². The maximum absolute atomic E-state index is 10.0. The largest absolute Gasteiger partial charge is 0.457 e. The highest BCUT2D eigenvalue weighted by Gasteiger charge is 2.13. The number of ether oxygens (including phenoxy) is 1. The average molecular weight is 299 g/mol. The van der Waals surface area contributed by atoms with Crippen LogP contribution in [-0.2, 0) is 6.42 Å². The van der Waals surface area contributed by atoms with E-state index in [2.05, 4.69) is 6.92 Å². The van der Waals surface area contributed by atoms with Crippen LogP contribution in [0.3, 0.4) is 0 Å². The van der Waals surface area contributed by atoms with Gasteiger partial charge < -0.3 is 15.6 Å². The average Bonchev–Trinajstić information content (AvgIpc) is 2.55. The van der Waals surface area contributed by atoms with E-state index in [1.54, 1.807) is 0 Å². The lowest BCUT2D eigenvalue weighted by Crippen LogP contribution is -2.34. The zero-order valence-corrected chi connectivity index (χ0v) is 13.1. The molecule has 2 aromatic carbocycles. The number of hydrogen-bond donors (Lipinski definition) is 2. The molecule has 0 bridgehead atoms. The first-order valence-corrected chi connectivity index (χ1v) is 7.94. The molecule has 0 spiro atoms. The summed E-state index contributed by atoms with van der Waals surface area (Å²) in [5, 5.41) is 10.0. The molecular weight excluding hydrogens is 274 g/mol. The van der Waals surface area contributed by atoms with Crippen molar-refractivity contribution in [2.24, 2.45) is 5.73 Å². The highest BCUT2D eigenvalue weighted by Crippen LogP contribution is 2.21. The SMILES string of the molecule is CCCC(N)C(O)CCc1ccc(Oc2ccccc2)cc1. The minimum absolute atomic E-state index is 0.120. The Labute approximate surface area is 132 Å². The van der Waals surface area contributed by atoms with Crippen LogP contribution in [0.1, 0.15) is 31.7 Å². The standard InChI is InChI=1S/C19H25NO2/c1-2-6-18(20)19(21)14-11-15-9-12-17(13-10-15)22-16-7-4-3-5-8-16/h3-5,7-10,12-13,18-19,21H,2,6,11,14,20H2,1H3. The molecule has 3 nitrogen and oxygen atoms in total. The van der Waals surface area contributed by atoms with Crippen LogP contribution in [0, 0.1) is 0 Å². The van der Waals surface area contributed by atoms with Gasteiger partial charge in [-0.05, 0) is 49.1 Å². The van der Waals surface area contributed by atoms with Gasteiger partial charge in [-0.3, -0.25) is 0 Å². The number of nitrogens with two attached hydrogens (primary N) is 1. The molecule has 2 atom stereocenters. The topological polar surface area (TPSA) is 55.5 Å². The molecule has 0 saturated heterocycles. The van der Waals surface area contributed by atoms with Crippen molar-refractivity contribution < 1.29 is 9.84 Å². The van der Waals surface area contributed by atoms with Crippen LogP contribution in [0.2, 0.25) is 0 Å². The number of aliphatic hydroxyl groups is 1. The van der Waals surface area contributed by atoms with Crippen molar-refractivity contribution in [3.05, 3.63) is 60.2 Å². The van der Waals surface area contributed by atoms with Crippen LogP contribution in [0.25, 0.3) is 0 Å². The lowest BCUT2D eigenvalue weighted by atomic mass is 9.99. The fraction of sp³-hybridized carbons (Fsp3) is 0.368. The van der Waals surface area contributed by atoms with Crippen LogP contribution < -0.4 is 10.5 Å². The molecule has 0 fully saturated rings.